The molecular weight excluding hydrogens is 236 g/mol. The maximum absolute atomic E-state index is 11.8. The van der Waals surface area contributed by atoms with E-state index in [2.05, 4.69) is 50.5 Å². The molecule has 2 atom stereocenters. The van der Waals surface area contributed by atoms with Crippen LogP contribution < -0.4 is 10.6 Å². The lowest BCUT2D eigenvalue weighted by atomic mass is 9.95. The second kappa shape index (κ2) is 5.74. The molecule has 1 fully saturated rings. The van der Waals surface area contributed by atoms with Crippen molar-refractivity contribution in [3.05, 3.63) is 34.4 Å². The normalized spacial score (nSPS) is 21.1. The van der Waals surface area contributed by atoms with Gasteiger partial charge in [-0.1, -0.05) is 12.1 Å². The minimum Gasteiger partial charge on any atom is -0.355 e. The third-order valence-electron chi connectivity index (χ3n) is 4.09. The fraction of sp³-hybridized carbons (Fsp3) is 0.562. The molecule has 1 heterocycles. The van der Waals surface area contributed by atoms with Gasteiger partial charge in [0.2, 0.25) is 5.91 Å². The Morgan fingerprint density at radius 2 is 1.89 bits per heavy atom. The number of carbonyl (C=O) groups is 1. The lowest BCUT2D eigenvalue weighted by Gasteiger charge is -2.27. The fourth-order valence-corrected chi connectivity index (χ4v) is 2.77. The quantitative estimate of drug-likeness (QED) is 0.877. The SMILES string of the molecule is Cc1cc(C)c(C(C)NC2CCCNC2=O)cc1C. The van der Waals surface area contributed by atoms with Crippen molar-refractivity contribution in [1.29, 1.82) is 0 Å². The van der Waals surface area contributed by atoms with Gasteiger partial charge < -0.3 is 5.32 Å². The maximum atomic E-state index is 11.8. The Morgan fingerprint density at radius 1 is 1.21 bits per heavy atom. The predicted molar refractivity (Wildman–Crippen MR) is 78.2 cm³/mol. The van der Waals surface area contributed by atoms with Crippen molar-refractivity contribution in [3.8, 4) is 0 Å². The molecule has 1 amide bonds. The van der Waals surface area contributed by atoms with Gasteiger partial charge in [0.15, 0.2) is 0 Å². The summed E-state index contributed by atoms with van der Waals surface area (Å²) in [4.78, 5) is 11.8. The largest absolute Gasteiger partial charge is 0.355 e. The number of nitrogens with one attached hydrogen (secondary N) is 2. The van der Waals surface area contributed by atoms with Crippen LogP contribution in [0.15, 0.2) is 12.1 Å². The van der Waals surface area contributed by atoms with Crippen molar-refractivity contribution in [3.63, 3.8) is 0 Å². The van der Waals surface area contributed by atoms with Crippen LogP contribution in [0.25, 0.3) is 0 Å². The number of hydrogen-bond acceptors (Lipinski definition) is 2. The average Bonchev–Trinajstić information content (AvgIpc) is 2.36. The Kier molecular flexibility index (Phi) is 4.25. The van der Waals surface area contributed by atoms with E-state index in [9.17, 15) is 4.79 Å². The fourth-order valence-electron chi connectivity index (χ4n) is 2.77. The molecule has 2 unspecified atom stereocenters. The van der Waals surface area contributed by atoms with Gasteiger partial charge in [-0.25, -0.2) is 0 Å². The molecule has 2 rings (SSSR count). The number of carbonyl (C=O) groups excluding carboxylic acids is 1. The van der Waals surface area contributed by atoms with Crippen LogP contribution in [0, 0.1) is 20.8 Å². The molecule has 1 aromatic rings. The molecule has 1 saturated heterocycles. The molecule has 0 spiro atoms. The van der Waals surface area contributed by atoms with Crippen molar-refractivity contribution in [2.75, 3.05) is 6.54 Å². The molecule has 0 bridgehead atoms. The first-order valence-corrected chi connectivity index (χ1v) is 7.10. The summed E-state index contributed by atoms with van der Waals surface area (Å²) >= 11 is 0. The summed E-state index contributed by atoms with van der Waals surface area (Å²) in [7, 11) is 0. The molecule has 19 heavy (non-hydrogen) atoms. The second-order valence-corrected chi connectivity index (χ2v) is 5.67. The molecule has 2 N–H and O–H groups in total. The van der Waals surface area contributed by atoms with Gasteiger partial charge in [0.05, 0.1) is 6.04 Å². The van der Waals surface area contributed by atoms with E-state index >= 15 is 0 Å². The summed E-state index contributed by atoms with van der Waals surface area (Å²) in [5, 5.41) is 6.38. The average molecular weight is 260 g/mol. The molecule has 0 aliphatic carbocycles. The van der Waals surface area contributed by atoms with Gasteiger partial charge >= 0.3 is 0 Å². The smallest absolute Gasteiger partial charge is 0.237 e. The van der Waals surface area contributed by atoms with Crippen molar-refractivity contribution >= 4 is 5.91 Å². The third-order valence-corrected chi connectivity index (χ3v) is 4.09. The zero-order chi connectivity index (χ0) is 14.0. The Bertz CT molecular complexity index is 482. The van der Waals surface area contributed by atoms with E-state index < -0.39 is 0 Å². The van der Waals surface area contributed by atoms with Gasteiger partial charge in [-0.05, 0) is 62.8 Å². The molecule has 3 heteroatoms. The summed E-state index contributed by atoms with van der Waals surface area (Å²) in [6.07, 6.45) is 1.99. The highest BCUT2D eigenvalue weighted by Gasteiger charge is 2.24. The minimum absolute atomic E-state index is 0.0511. The molecule has 1 aliphatic rings. The number of piperidine rings is 1. The van der Waals surface area contributed by atoms with Crippen LogP contribution in [0.5, 0.6) is 0 Å². The Hall–Kier alpha value is -1.35. The minimum atomic E-state index is -0.0511. The highest BCUT2D eigenvalue weighted by molar-refractivity contribution is 5.82. The Morgan fingerprint density at radius 3 is 2.58 bits per heavy atom. The summed E-state index contributed by atoms with van der Waals surface area (Å²) in [6.45, 7) is 9.37. The zero-order valence-electron chi connectivity index (χ0n) is 12.3. The standard InChI is InChI=1S/C16H24N2O/c1-10-8-12(3)14(9-11(10)2)13(4)18-15-6-5-7-17-16(15)19/h8-9,13,15,18H,5-7H2,1-4H3,(H,17,19). The van der Waals surface area contributed by atoms with Crippen LogP contribution in [-0.2, 0) is 4.79 Å². The van der Waals surface area contributed by atoms with Crippen LogP contribution in [0.2, 0.25) is 0 Å². The zero-order valence-corrected chi connectivity index (χ0v) is 12.3. The van der Waals surface area contributed by atoms with Crippen LogP contribution in [0.3, 0.4) is 0 Å². The van der Waals surface area contributed by atoms with Crippen LogP contribution in [0.4, 0.5) is 0 Å². The first-order chi connectivity index (χ1) is 8.99. The lowest BCUT2D eigenvalue weighted by Crippen LogP contribution is -2.48. The predicted octanol–water partition coefficient (Wildman–Crippen LogP) is 2.54. The van der Waals surface area contributed by atoms with E-state index in [1.807, 2.05) is 0 Å². The van der Waals surface area contributed by atoms with Gasteiger partial charge in [-0.15, -0.1) is 0 Å². The van der Waals surface area contributed by atoms with Gasteiger partial charge in [0, 0.05) is 12.6 Å². The molecule has 0 aromatic heterocycles. The van der Waals surface area contributed by atoms with Crippen LogP contribution >= 0.6 is 0 Å². The topological polar surface area (TPSA) is 41.1 Å². The highest BCUT2D eigenvalue weighted by Crippen LogP contribution is 2.22. The van der Waals surface area contributed by atoms with Crippen molar-refractivity contribution in [2.24, 2.45) is 0 Å². The van der Waals surface area contributed by atoms with Gasteiger partial charge in [-0.2, -0.15) is 0 Å². The van der Waals surface area contributed by atoms with Crippen LogP contribution in [0.1, 0.15) is 48.1 Å². The molecular formula is C16H24N2O. The molecule has 3 nitrogen and oxygen atoms in total. The van der Waals surface area contributed by atoms with E-state index in [4.69, 9.17) is 0 Å². The van der Waals surface area contributed by atoms with E-state index in [1.165, 1.54) is 22.3 Å². The van der Waals surface area contributed by atoms with Crippen molar-refractivity contribution < 1.29 is 4.79 Å². The van der Waals surface area contributed by atoms with E-state index in [0.717, 1.165) is 19.4 Å². The number of hydrogen-bond donors (Lipinski definition) is 2. The summed E-state index contributed by atoms with van der Waals surface area (Å²) < 4.78 is 0. The number of aryl methyl sites for hydroxylation is 3. The van der Waals surface area contributed by atoms with E-state index in [1.54, 1.807) is 0 Å². The number of benzene rings is 1. The van der Waals surface area contributed by atoms with E-state index in [0.29, 0.717) is 0 Å². The monoisotopic (exact) mass is 260 g/mol. The van der Waals surface area contributed by atoms with Gasteiger partial charge in [0.25, 0.3) is 0 Å². The van der Waals surface area contributed by atoms with Crippen molar-refractivity contribution in [2.45, 2.75) is 52.6 Å². The van der Waals surface area contributed by atoms with Crippen LogP contribution in [-0.4, -0.2) is 18.5 Å². The van der Waals surface area contributed by atoms with Gasteiger partial charge in [-0.3, -0.25) is 10.1 Å². The van der Waals surface area contributed by atoms with E-state index in [-0.39, 0.29) is 18.0 Å². The maximum Gasteiger partial charge on any atom is 0.237 e. The third kappa shape index (κ3) is 3.16. The number of rotatable bonds is 3. The molecule has 0 saturated carbocycles. The highest BCUT2D eigenvalue weighted by atomic mass is 16.2. The number of amides is 1. The Labute approximate surface area is 115 Å². The summed E-state index contributed by atoms with van der Waals surface area (Å²) in [6, 6.07) is 4.62. The molecule has 1 aliphatic heterocycles. The first kappa shape index (κ1) is 14.1. The first-order valence-electron chi connectivity index (χ1n) is 7.10. The summed E-state index contributed by atoms with van der Waals surface area (Å²) in [5.41, 5.74) is 5.21. The molecule has 0 radical (unpaired) electrons. The summed E-state index contributed by atoms with van der Waals surface area (Å²) in [5.74, 6) is 0.139. The second-order valence-electron chi connectivity index (χ2n) is 5.67. The van der Waals surface area contributed by atoms with Crippen molar-refractivity contribution in [1.82, 2.24) is 10.6 Å². The molecule has 1 aromatic carbocycles. The Balaban J connectivity index is 2.13. The molecule has 104 valence electrons. The lowest BCUT2D eigenvalue weighted by molar-refractivity contribution is -0.124. The van der Waals surface area contributed by atoms with Gasteiger partial charge in [0.1, 0.15) is 0 Å².